The van der Waals surface area contributed by atoms with Crippen LogP contribution in [0.15, 0.2) is 12.2 Å². The fraction of sp³-hybridized carbons (Fsp3) is 0.667. The molecule has 0 fully saturated rings. The summed E-state index contributed by atoms with van der Waals surface area (Å²) in [5.41, 5.74) is -0.398. The van der Waals surface area contributed by atoms with Crippen LogP contribution < -0.4 is 0 Å². The van der Waals surface area contributed by atoms with Crippen LogP contribution in [0.1, 0.15) is 40.5 Å². The molecule has 3 nitrogen and oxygen atoms in total. The van der Waals surface area contributed by atoms with Crippen LogP contribution in [0, 0.1) is 5.41 Å². The van der Waals surface area contributed by atoms with E-state index in [4.69, 9.17) is 4.74 Å². The zero-order valence-corrected chi connectivity index (χ0v) is 10.0. The molecule has 0 radical (unpaired) electrons. The van der Waals surface area contributed by atoms with E-state index in [9.17, 15) is 9.59 Å². The van der Waals surface area contributed by atoms with Crippen LogP contribution in [-0.4, -0.2) is 18.4 Å². The summed E-state index contributed by atoms with van der Waals surface area (Å²) in [7, 11) is 0. The lowest BCUT2D eigenvalue weighted by molar-refractivity contribution is -0.146. The smallest absolute Gasteiger partial charge is 0.330 e. The van der Waals surface area contributed by atoms with E-state index < -0.39 is 11.4 Å². The Kier molecular flexibility index (Phi) is 5.90. The average molecular weight is 212 g/mol. The number of ketones is 1. The number of carbonyl (C=O) groups excluding carboxylic acids is 2. The predicted molar refractivity (Wildman–Crippen MR) is 59.5 cm³/mol. The Morgan fingerprint density at radius 1 is 1.33 bits per heavy atom. The Hall–Kier alpha value is -1.12. The zero-order valence-electron chi connectivity index (χ0n) is 10.0. The standard InChI is InChI=1S/C12H20O3/c1-5-7-11(14)15-9-10(13)12(3,4)8-6-2/h5,7H,6,8-9H2,1-4H3/b7-5+. The monoisotopic (exact) mass is 212 g/mol. The highest BCUT2D eigenvalue weighted by molar-refractivity contribution is 5.89. The van der Waals surface area contributed by atoms with Gasteiger partial charge in [0, 0.05) is 11.5 Å². The Bertz CT molecular complexity index is 252. The first-order valence-electron chi connectivity index (χ1n) is 5.26. The second-order valence-corrected chi connectivity index (χ2v) is 4.16. The second-order valence-electron chi connectivity index (χ2n) is 4.16. The van der Waals surface area contributed by atoms with Gasteiger partial charge in [0.1, 0.15) is 0 Å². The van der Waals surface area contributed by atoms with E-state index in [1.54, 1.807) is 13.0 Å². The van der Waals surface area contributed by atoms with Crippen molar-refractivity contribution >= 4 is 11.8 Å². The van der Waals surface area contributed by atoms with Crippen molar-refractivity contribution in [2.75, 3.05) is 6.61 Å². The van der Waals surface area contributed by atoms with Crippen molar-refractivity contribution in [3.05, 3.63) is 12.2 Å². The molecule has 0 amide bonds. The molecule has 0 aliphatic heterocycles. The number of hydrogen-bond donors (Lipinski definition) is 0. The first-order chi connectivity index (χ1) is 6.94. The molecule has 0 rings (SSSR count). The fourth-order valence-electron chi connectivity index (χ4n) is 1.28. The second kappa shape index (κ2) is 6.38. The van der Waals surface area contributed by atoms with Crippen molar-refractivity contribution in [3.8, 4) is 0 Å². The van der Waals surface area contributed by atoms with Gasteiger partial charge >= 0.3 is 5.97 Å². The molecule has 0 aromatic heterocycles. The molecule has 0 N–H and O–H groups in total. The van der Waals surface area contributed by atoms with Crippen LogP contribution in [0.25, 0.3) is 0 Å². The molecule has 86 valence electrons. The minimum Gasteiger partial charge on any atom is -0.455 e. The van der Waals surface area contributed by atoms with Crippen LogP contribution in [0.3, 0.4) is 0 Å². The summed E-state index contributed by atoms with van der Waals surface area (Å²) in [4.78, 5) is 22.6. The van der Waals surface area contributed by atoms with E-state index in [0.717, 1.165) is 12.8 Å². The maximum Gasteiger partial charge on any atom is 0.330 e. The molecule has 0 spiro atoms. The molecule has 0 aromatic rings. The lowest BCUT2D eigenvalue weighted by Gasteiger charge is -2.21. The van der Waals surface area contributed by atoms with Gasteiger partial charge in [-0.15, -0.1) is 0 Å². The van der Waals surface area contributed by atoms with Crippen molar-refractivity contribution in [2.45, 2.75) is 40.5 Å². The van der Waals surface area contributed by atoms with E-state index in [-0.39, 0.29) is 12.4 Å². The number of Topliss-reactive ketones (excluding diaryl/α,β-unsaturated/α-hetero) is 1. The topological polar surface area (TPSA) is 43.4 Å². The van der Waals surface area contributed by atoms with E-state index in [1.807, 2.05) is 20.8 Å². The summed E-state index contributed by atoms with van der Waals surface area (Å²) < 4.78 is 4.80. The first kappa shape index (κ1) is 13.9. The van der Waals surface area contributed by atoms with Crippen LogP contribution in [0.5, 0.6) is 0 Å². The third kappa shape index (κ3) is 5.35. The van der Waals surface area contributed by atoms with Gasteiger partial charge in [-0.1, -0.05) is 33.3 Å². The fourth-order valence-corrected chi connectivity index (χ4v) is 1.28. The van der Waals surface area contributed by atoms with Crippen LogP contribution in [0.4, 0.5) is 0 Å². The third-order valence-corrected chi connectivity index (χ3v) is 2.28. The molecule has 0 saturated heterocycles. The Morgan fingerprint density at radius 3 is 2.40 bits per heavy atom. The lowest BCUT2D eigenvalue weighted by atomic mass is 9.84. The quantitative estimate of drug-likeness (QED) is 0.502. The average Bonchev–Trinajstić information content (AvgIpc) is 2.14. The number of ether oxygens (including phenoxy) is 1. The maximum atomic E-state index is 11.7. The highest BCUT2D eigenvalue weighted by atomic mass is 16.5. The minimum atomic E-state index is -0.460. The SMILES string of the molecule is C/C=C/C(=O)OCC(=O)C(C)(C)CCC. The Balaban J connectivity index is 4.08. The molecule has 0 unspecified atom stereocenters. The highest BCUT2D eigenvalue weighted by Gasteiger charge is 2.26. The Labute approximate surface area is 91.5 Å². The number of carbonyl (C=O) groups is 2. The van der Waals surface area contributed by atoms with Gasteiger partial charge < -0.3 is 4.74 Å². The van der Waals surface area contributed by atoms with Crippen molar-refractivity contribution in [1.29, 1.82) is 0 Å². The molecule has 0 heterocycles. The van der Waals surface area contributed by atoms with Gasteiger partial charge in [0.25, 0.3) is 0 Å². The van der Waals surface area contributed by atoms with Crippen LogP contribution >= 0.6 is 0 Å². The largest absolute Gasteiger partial charge is 0.455 e. The molecular formula is C12H20O3. The number of allylic oxidation sites excluding steroid dienone is 1. The van der Waals surface area contributed by atoms with E-state index in [1.165, 1.54) is 6.08 Å². The molecule has 0 saturated carbocycles. The van der Waals surface area contributed by atoms with Crippen molar-refractivity contribution in [3.63, 3.8) is 0 Å². The van der Waals surface area contributed by atoms with Gasteiger partial charge in [-0.3, -0.25) is 4.79 Å². The number of hydrogen-bond acceptors (Lipinski definition) is 3. The molecule has 15 heavy (non-hydrogen) atoms. The van der Waals surface area contributed by atoms with E-state index in [0.29, 0.717) is 0 Å². The third-order valence-electron chi connectivity index (χ3n) is 2.28. The van der Waals surface area contributed by atoms with Crippen molar-refractivity contribution in [2.24, 2.45) is 5.41 Å². The summed E-state index contributed by atoms with van der Waals surface area (Å²) >= 11 is 0. The summed E-state index contributed by atoms with van der Waals surface area (Å²) in [5.74, 6) is -0.486. The first-order valence-corrected chi connectivity index (χ1v) is 5.26. The van der Waals surface area contributed by atoms with Gasteiger partial charge in [-0.25, -0.2) is 4.79 Å². The highest BCUT2D eigenvalue weighted by Crippen LogP contribution is 2.23. The van der Waals surface area contributed by atoms with Gasteiger partial charge in [0.2, 0.25) is 0 Å². The van der Waals surface area contributed by atoms with Crippen LogP contribution in [0.2, 0.25) is 0 Å². The summed E-state index contributed by atoms with van der Waals surface area (Å²) in [6.45, 7) is 7.38. The molecule has 0 aromatic carbocycles. The van der Waals surface area contributed by atoms with Gasteiger partial charge in [-0.2, -0.15) is 0 Å². The summed E-state index contributed by atoms with van der Waals surface area (Å²) in [6, 6.07) is 0. The van der Waals surface area contributed by atoms with E-state index in [2.05, 4.69) is 0 Å². The molecule has 0 atom stereocenters. The normalized spacial score (nSPS) is 11.7. The minimum absolute atomic E-state index is 0.0257. The number of esters is 1. The van der Waals surface area contributed by atoms with Gasteiger partial charge in [0.15, 0.2) is 12.4 Å². The van der Waals surface area contributed by atoms with Gasteiger partial charge in [-0.05, 0) is 13.3 Å². The van der Waals surface area contributed by atoms with Crippen molar-refractivity contribution in [1.82, 2.24) is 0 Å². The summed E-state index contributed by atoms with van der Waals surface area (Å²) in [5, 5.41) is 0. The maximum absolute atomic E-state index is 11.7. The number of rotatable bonds is 6. The molecule has 0 aliphatic carbocycles. The van der Waals surface area contributed by atoms with Crippen LogP contribution in [-0.2, 0) is 14.3 Å². The lowest BCUT2D eigenvalue weighted by Crippen LogP contribution is -2.28. The van der Waals surface area contributed by atoms with Crippen molar-refractivity contribution < 1.29 is 14.3 Å². The van der Waals surface area contributed by atoms with Gasteiger partial charge in [0.05, 0.1) is 0 Å². The molecular weight excluding hydrogens is 192 g/mol. The zero-order chi connectivity index (χ0) is 11.9. The van der Waals surface area contributed by atoms with E-state index >= 15 is 0 Å². The summed E-state index contributed by atoms with van der Waals surface area (Å²) in [6.07, 6.45) is 4.65. The molecule has 0 bridgehead atoms. The Morgan fingerprint density at radius 2 is 1.93 bits per heavy atom. The molecule has 0 aliphatic rings. The molecule has 3 heteroatoms. The predicted octanol–water partition coefficient (Wildman–Crippen LogP) is 2.50.